The average Bonchev–Trinajstić information content (AvgIpc) is 2.33. The lowest BCUT2D eigenvalue weighted by Crippen LogP contribution is -2.06. The Hall–Kier alpha value is -1.25. The van der Waals surface area contributed by atoms with E-state index in [4.69, 9.17) is 0 Å². The van der Waals surface area contributed by atoms with Crippen molar-refractivity contribution in [2.24, 2.45) is 15.2 Å². The minimum Gasteiger partial charge on any atom is -0.287 e. The monoisotopic (exact) mass is 119 g/mol. The Bertz CT molecular complexity index is 245. The molecule has 0 saturated carbocycles. The van der Waals surface area contributed by atoms with E-state index in [9.17, 15) is 0 Å². The van der Waals surface area contributed by atoms with E-state index in [2.05, 4.69) is 15.2 Å². The second-order valence-corrected chi connectivity index (χ2v) is 1.88. The van der Waals surface area contributed by atoms with E-state index in [1.807, 2.05) is 6.08 Å². The van der Waals surface area contributed by atoms with Crippen LogP contribution in [0.1, 0.15) is 0 Å². The van der Waals surface area contributed by atoms with Crippen LogP contribution >= 0.6 is 0 Å². The van der Waals surface area contributed by atoms with Crippen LogP contribution in [-0.2, 0) is 0 Å². The van der Waals surface area contributed by atoms with Gasteiger partial charge in [0.25, 0.3) is 0 Å². The topological polar surface area (TPSA) is 37.1 Å². The first-order chi connectivity index (χ1) is 4.47. The van der Waals surface area contributed by atoms with Crippen LogP contribution in [0.25, 0.3) is 0 Å². The van der Waals surface area contributed by atoms with Crippen LogP contribution in [0.4, 0.5) is 0 Å². The minimum atomic E-state index is 0.764. The molecule has 0 aromatic carbocycles. The zero-order valence-electron chi connectivity index (χ0n) is 4.78. The molecule has 0 spiro atoms. The zero-order chi connectivity index (χ0) is 6.10. The number of dihydropyridines is 1. The molecule has 0 aliphatic carbocycles. The highest BCUT2D eigenvalue weighted by Crippen LogP contribution is 2.05. The summed E-state index contributed by atoms with van der Waals surface area (Å²) in [6, 6.07) is 0. The molecule has 0 fully saturated rings. The summed E-state index contributed by atoms with van der Waals surface area (Å²) in [4.78, 5) is 4.01. The quantitative estimate of drug-likeness (QED) is 0.443. The Kier molecular flexibility index (Phi) is 0.828. The van der Waals surface area contributed by atoms with Crippen LogP contribution in [0, 0.1) is 0 Å². The minimum absolute atomic E-state index is 0.764. The fraction of sp³-hybridized carbons (Fsp3) is 0.167. The molecule has 0 radical (unpaired) electrons. The molecule has 2 aliphatic rings. The summed E-state index contributed by atoms with van der Waals surface area (Å²) in [5.74, 6) is 0. The van der Waals surface area contributed by atoms with Crippen LogP contribution in [0.5, 0.6) is 0 Å². The Balaban J connectivity index is 2.46. The van der Waals surface area contributed by atoms with Gasteiger partial charge < -0.3 is 0 Å². The number of fused-ring (bicyclic) bond motifs is 1. The highest BCUT2D eigenvalue weighted by Gasteiger charge is 2.08. The summed E-state index contributed by atoms with van der Waals surface area (Å²) in [5.41, 5.74) is 1.99. The van der Waals surface area contributed by atoms with Gasteiger partial charge in [0.05, 0.1) is 12.8 Å². The second-order valence-electron chi connectivity index (χ2n) is 1.88. The summed E-state index contributed by atoms with van der Waals surface area (Å²) in [5, 5.41) is 7.56. The summed E-state index contributed by atoms with van der Waals surface area (Å²) in [6.07, 6.45) is 5.51. The van der Waals surface area contributed by atoms with Crippen LogP contribution in [0.2, 0.25) is 0 Å². The second kappa shape index (κ2) is 1.62. The molecule has 44 valence electrons. The standard InChI is InChI=1S/C6H5N3/c1-2-7-4-6-5(1)3-8-9-6/h1,3-4H,2H2. The van der Waals surface area contributed by atoms with Gasteiger partial charge in [-0.05, 0) is 0 Å². The van der Waals surface area contributed by atoms with E-state index in [1.165, 1.54) is 0 Å². The summed E-state index contributed by atoms with van der Waals surface area (Å²) < 4.78 is 0. The molecule has 0 unspecified atom stereocenters. The maximum absolute atomic E-state index is 4.01. The first-order valence-electron chi connectivity index (χ1n) is 2.78. The third kappa shape index (κ3) is 0.614. The van der Waals surface area contributed by atoms with E-state index < -0.39 is 0 Å². The third-order valence-electron chi connectivity index (χ3n) is 1.29. The lowest BCUT2D eigenvalue weighted by molar-refractivity contribution is 1.24. The highest BCUT2D eigenvalue weighted by molar-refractivity contribution is 6.45. The molecule has 2 rings (SSSR count). The molecule has 0 aromatic heterocycles. The van der Waals surface area contributed by atoms with E-state index in [0.717, 1.165) is 17.8 Å². The third-order valence-corrected chi connectivity index (χ3v) is 1.29. The summed E-state index contributed by atoms with van der Waals surface area (Å²) in [6.45, 7) is 0.764. The predicted octanol–water partition coefficient (Wildman–Crippen LogP) is 0.438. The molecule has 2 aliphatic heterocycles. The lowest BCUT2D eigenvalue weighted by Gasteiger charge is -1.97. The number of allylic oxidation sites excluding steroid dienone is 1. The van der Waals surface area contributed by atoms with Gasteiger partial charge in [-0.15, -0.1) is 5.10 Å². The van der Waals surface area contributed by atoms with Crippen molar-refractivity contribution < 1.29 is 0 Å². The Morgan fingerprint density at radius 1 is 1.33 bits per heavy atom. The van der Waals surface area contributed by atoms with Crippen molar-refractivity contribution in [3.05, 3.63) is 11.6 Å². The number of nitrogens with zero attached hydrogens (tertiary/aromatic N) is 3. The molecule has 0 N–H and O–H groups in total. The van der Waals surface area contributed by atoms with E-state index in [-0.39, 0.29) is 0 Å². The number of rotatable bonds is 0. The summed E-state index contributed by atoms with van der Waals surface area (Å²) in [7, 11) is 0. The van der Waals surface area contributed by atoms with Crippen LogP contribution in [-0.4, -0.2) is 24.7 Å². The van der Waals surface area contributed by atoms with Crippen molar-refractivity contribution in [1.29, 1.82) is 0 Å². The van der Waals surface area contributed by atoms with Crippen LogP contribution < -0.4 is 0 Å². The largest absolute Gasteiger partial charge is 0.287 e. The Morgan fingerprint density at radius 2 is 2.33 bits per heavy atom. The fourth-order valence-corrected chi connectivity index (χ4v) is 0.825. The van der Waals surface area contributed by atoms with Gasteiger partial charge in [-0.2, -0.15) is 5.10 Å². The molecule has 0 atom stereocenters. The van der Waals surface area contributed by atoms with Gasteiger partial charge in [-0.25, -0.2) is 0 Å². The van der Waals surface area contributed by atoms with Gasteiger partial charge in [0.1, 0.15) is 5.71 Å². The molecule has 2 heterocycles. The molecule has 0 amide bonds. The number of hydrogen-bond donors (Lipinski definition) is 0. The summed E-state index contributed by atoms with van der Waals surface area (Å²) >= 11 is 0. The van der Waals surface area contributed by atoms with Gasteiger partial charge in [-0.3, -0.25) is 4.99 Å². The Labute approximate surface area is 52.5 Å². The fourth-order valence-electron chi connectivity index (χ4n) is 0.825. The van der Waals surface area contributed by atoms with Crippen molar-refractivity contribution >= 4 is 18.1 Å². The van der Waals surface area contributed by atoms with E-state index in [1.54, 1.807) is 12.4 Å². The zero-order valence-corrected chi connectivity index (χ0v) is 4.78. The van der Waals surface area contributed by atoms with Gasteiger partial charge in [0.2, 0.25) is 0 Å². The smallest absolute Gasteiger partial charge is 0.112 e. The van der Waals surface area contributed by atoms with Gasteiger partial charge in [-0.1, -0.05) is 6.08 Å². The molecular formula is C6H5N3. The lowest BCUT2D eigenvalue weighted by atomic mass is 10.1. The van der Waals surface area contributed by atoms with Crippen molar-refractivity contribution in [2.45, 2.75) is 0 Å². The van der Waals surface area contributed by atoms with Gasteiger partial charge >= 0.3 is 0 Å². The number of aliphatic imine (C=N–C) groups is 1. The average molecular weight is 119 g/mol. The van der Waals surface area contributed by atoms with Gasteiger partial charge in [0.15, 0.2) is 0 Å². The normalized spacial score (nSPS) is 21.3. The van der Waals surface area contributed by atoms with Crippen molar-refractivity contribution in [3.63, 3.8) is 0 Å². The molecular weight excluding hydrogens is 114 g/mol. The van der Waals surface area contributed by atoms with Crippen molar-refractivity contribution in [2.75, 3.05) is 6.54 Å². The molecule has 0 bridgehead atoms. The van der Waals surface area contributed by atoms with E-state index in [0.29, 0.717) is 0 Å². The molecule has 3 heteroatoms. The Morgan fingerprint density at radius 3 is 3.22 bits per heavy atom. The van der Waals surface area contributed by atoms with Crippen molar-refractivity contribution in [3.8, 4) is 0 Å². The maximum Gasteiger partial charge on any atom is 0.112 e. The molecule has 3 nitrogen and oxygen atoms in total. The molecule has 0 aromatic rings. The van der Waals surface area contributed by atoms with Crippen molar-refractivity contribution in [1.82, 2.24) is 0 Å². The number of hydrogen-bond acceptors (Lipinski definition) is 3. The first-order valence-corrected chi connectivity index (χ1v) is 2.78. The van der Waals surface area contributed by atoms with Crippen LogP contribution in [0.3, 0.4) is 0 Å². The first kappa shape index (κ1) is 4.61. The SMILES string of the molecule is C1=NCC=C2C=NN=C12. The van der Waals surface area contributed by atoms with Gasteiger partial charge in [0, 0.05) is 11.8 Å². The predicted molar refractivity (Wildman–Crippen MR) is 37.4 cm³/mol. The molecule has 9 heavy (non-hydrogen) atoms. The molecule has 0 saturated heterocycles. The maximum atomic E-state index is 4.01. The highest BCUT2D eigenvalue weighted by atomic mass is 15.2. The van der Waals surface area contributed by atoms with Crippen LogP contribution in [0.15, 0.2) is 26.8 Å². The van der Waals surface area contributed by atoms with E-state index >= 15 is 0 Å².